The van der Waals surface area contributed by atoms with Crippen LogP contribution < -0.4 is 0 Å². The highest BCUT2D eigenvalue weighted by atomic mass is 32.1. The highest BCUT2D eigenvalue weighted by molar-refractivity contribution is 7.26. The van der Waals surface area contributed by atoms with Crippen LogP contribution in [-0.2, 0) is 0 Å². The molecule has 0 saturated carbocycles. The fourth-order valence-corrected chi connectivity index (χ4v) is 10.5. The molecule has 13 rings (SSSR count). The highest BCUT2D eigenvalue weighted by Gasteiger charge is 2.21. The Hall–Kier alpha value is -8.19. The van der Waals surface area contributed by atoms with Crippen LogP contribution in [0.1, 0.15) is 0 Å². The van der Waals surface area contributed by atoms with Gasteiger partial charge in [-0.05, 0) is 76.9 Å². The van der Waals surface area contributed by atoms with Crippen molar-refractivity contribution in [3.05, 3.63) is 206 Å². The van der Waals surface area contributed by atoms with Gasteiger partial charge in [0.15, 0.2) is 17.5 Å². The Morgan fingerprint density at radius 2 is 1.02 bits per heavy atom. The van der Waals surface area contributed by atoms with E-state index in [2.05, 4.69) is 180 Å². The minimum Gasteiger partial charge on any atom is -0.456 e. The monoisotopic (exact) mass is 822 g/mol. The molecule has 13 aromatic rings. The van der Waals surface area contributed by atoms with E-state index < -0.39 is 0 Å². The van der Waals surface area contributed by atoms with Crippen LogP contribution in [0.3, 0.4) is 0 Å². The molecule has 0 bridgehead atoms. The summed E-state index contributed by atoms with van der Waals surface area (Å²) in [6.45, 7) is 0. The SMILES string of the molecule is c1ccc(-c2ccc3c(c2)c2ccccc2n3-c2ccc3oc4cccc(-c5nc(-c6ccccc6)nc(-c6ccc7c(c6)sc6cccc(-c8ccccc8)c67)n5)c4c3c2)cc1. The summed E-state index contributed by atoms with van der Waals surface area (Å²) in [7, 11) is 0. The molecule has 63 heavy (non-hydrogen) atoms. The second kappa shape index (κ2) is 14.2. The number of thiophene rings is 1. The lowest BCUT2D eigenvalue weighted by molar-refractivity contribution is 0.669. The van der Waals surface area contributed by atoms with Gasteiger partial charge < -0.3 is 8.98 Å². The molecule has 0 spiro atoms. The summed E-state index contributed by atoms with van der Waals surface area (Å²) in [6, 6.07) is 72.7. The van der Waals surface area contributed by atoms with Crippen LogP contribution in [-0.4, -0.2) is 19.5 Å². The number of hydrogen-bond donors (Lipinski definition) is 0. The molecule has 6 heteroatoms. The number of benzene rings is 9. The third kappa shape index (κ3) is 5.80. The van der Waals surface area contributed by atoms with Gasteiger partial charge in [-0.3, -0.25) is 0 Å². The molecule has 0 fully saturated rings. The fourth-order valence-electron chi connectivity index (χ4n) is 9.37. The number of nitrogens with zero attached hydrogens (tertiary/aromatic N) is 4. The normalized spacial score (nSPS) is 11.8. The van der Waals surface area contributed by atoms with Gasteiger partial charge in [-0.25, -0.2) is 15.0 Å². The maximum atomic E-state index is 6.60. The van der Waals surface area contributed by atoms with E-state index in [4.69, 9.17) is 19.4 Å². The van der Waals surface area contributed by atoms with Crippen LogP contribution in [0, 0.1) is 0 Å². The van der Waals surface area contributed by atoms with E-state index in [0.29, 0.717) is 17.5 Å². The summed E-state index contributed by atoms with van der Waals surface area (Å²) < 4.78 is 11.4. The average Bonchev–Trinajstić information content (AvgIpc) is 4.03. The van der Waals surface area contributed by atoms with Crippen LogP contribution in [0.4, 0.5) is 0 Å². The molecule has 0 unspecified atom stereocenters. The molecule has 0 radical (unpaired) electrons. The lowest BCUT2D eigenvalue weighted by atomic mass is 9.99. The van der Waals surface area contributed by atoms with E-state index in [1.54, 1.807) is 11.3 Å². The Kier molecular flexibility index (Phi) is 8.01. The zero-order valence-corrected chi connectivity index (χ0v) is 34.6. The maximum Gasteiger partial charge on any atom is 0.164 e. The Morgan fingerprint density at radius 3 is 1.84 bits per heavy atom. The van der Waals surface area contributed by atoms with Gasteiger partial charge in [0.25, 0.3) is 0 Å². The first kappa shape index (κ1) is 35.6. The molecule has 4 aromatic heterocycles. The second-order valence-corrected chi connectivity index (χ2v) is 17.0. The standard InChI is InChI=1S/C57H34N4OS/c1-4-14-35(15-5-1)38-27-30-48-45(32-38)42-20-10-11-23-47(42)61(48)40-28-31-49-46(34-40)53-44(22-12-24-50(53)62-49)57-59-55(37-18-8-3-9-19-37)58-56(60-57)39-26-29-43-52(33-39)63-51-25-13-21-41(54(43)51)36-16-6-2-7-17-36/h1-34H. The minimum atomic E-state index is 0.589. The molecular formula is C57H34N4OS. The summed E-state index contributed by atoms with van der Waals surface area (Å²) in [5.74, 6) is 1.82. The number of hydrogen-bond acceptors (Lipinski definition) is 5. The Balaban J connectivity index is 0.989. The van der Waals surface area contributed by atoms with Crippen molar-refractivity contribution in [2.45, 2.75) is 0 Å². The topological polar surface area (TPSA) is 56.7 Å². The fraction of sp³-hybridized carbons (Fsp3) is 0. The first-order chi connectivity index (χ1) is 31.2. The quantitative estimate of drug-likeness (QED) is 0.168. The van der Waals surface area contributed by atoms with E-state index in [1.807, 2.05) is 30.3 Å². The predicted octanol–water partition coefficient (Wildman–Crippen LogP) is 15.6. The molecule has 5 nitrogen and oxygen atoms in total. The van der Waals surface area contributed by atoms with Crippen molar-refractivity contribution in [3.8, 4) is 62.1 Å². The molecule has 0 N–H and O–H groups in total. The molecular weight excluding hydrogens is 789 g/mol. The van der Waals surface area contributed by atoms with Gasteiger partial charge in [0, 0.05) is 64.1 Å². The minimum absolute atomic E-state index is 0.589. The lowest BCUT2D eigenvalue weighted by Gasteiger charge is -2.10. The van der Waals surface area contributed by atoms with Crippen molar-refractivity contribution >= 4 is 75.3 Å². The van der Waals surface area contributed by atoms with E-state index in [9.17, 15) is 0 Å². The largest absolute Gasteiger partial charge is 0.456 e. The van der Waals surface area contributed by atoms with E-state index >= 15 is 0 Å². The van der Waals surface area contributed by atoms with Crippen molar-refractivity contribution in [3.63, 3.8) is 0 Å². The van der Waals surface area contributed by atoms with Crippen molar-refractivity contribution in [2.24, 2.45) is 0 Å². The molecule has 4 heterocycles. The van der Waals surface area contributed by atoms with Crippen LogP contribution in [0.5, 0.6) is 0 Å². The number of fused-ring (bicyclic) bond motifs is 9. The van der Waals surface area contributed by atoms with Crippen LogP contribution in [0.15, 0.2) is 211 Å². The van der Waals surface area contributed by atoms with Gasteiger partial charge in [-0.1, -0.05) is 152 Å². The van der Waals surface area contributed by atoms with Gasteiger partial charge in [-0.2, -0.15) is 0 Å². The third-order valence-electron chi connectivity index (χ3n) is 12.3. The Bertz CT molecular complexity index is 3910. The van der Waals surface area contributed by atoms with Gasteiger partial charge >= 0.3 is 0 Å². The summed E-state index contributed by atoms with van der Waals surface area (Å²) in [4.78, 5) is 15.6. The van der Waals surface area contributed by atoms with E-state index in [-0.39, 0.29) is 0 Å². The maximum absolute atomic E-state index is 6.60. The molecule has 0 amide bonds. The second-order valence-electron chi connectivity index (χ2n) is 15.9. The van der Waals surface area contributed by atoms with Gasteiger partial charge in [0.1, 0.15) is 11.2 Å². The number of furan rings is 1. The first-order valence-electron chi connectivity index (χ1n) is 21.1. The van der Waals surface area contributed by atoms with E-state index in [0.717, 1.165) is 55.3 Å². The molecule has 0 aliphatic heterocycles. The van der Waals surface area contributed by atoms with Gasteiger partial charge in [0.05, 0.1) is 11.0 Å². The van der Waals surface area contributed by atoms with Crippen molar-refractivity contribution in [1.29, 1.82) is 0 Å². The average molecular weight is 823 g/mol. The summed E-state index contributed by atoms with van der Waals surface area (Å²) in [5, 5.41) is 6.87. The third-order valence-corrected chi connectivity index (χ3v) is 13.4. The first-order valence-corrected chi connectivity index (χ1v) is 21.9. The van der Waals surface area contributed by atoms with Gasteiger partial charge in [-0.15, -0.1) is 11.3 Å². The molecule has 0 atom stereocenters. The molecule has 0 saturated heterocycles. The van der Waals surface area contributed by atoms with Gasteiger partial charge in [0.2, 0.25) is 0 Å². The van der Waals surface area contributed by atoms with Crippen LogP contribution in [0.2, 0.25) is 0 Å². The summed E-state index contributed by atoms with van der Waals surface area (Å²) in [6.07, 6.45) is 0. The summed E-state index contributed by atoms with van der Waals surface area (Å²) in [5.41, 5.74) is 12.5. The van der Waals surface area contributed by atoms with Crippen molar-refractivity contribution in [2.75, 3.05) is 0 Å². The highest BCUT2D eigenvalue weighted by Crippen LogP contribution is 2.43. The Labute approximate surface area is 365 Å². The summed E-state index contributed by atoms with van der Waals surface area (Å²) >= 11 is 1.80. The number of para-hydroxylation sites is 1. The zero-order chi connectivity index (χ0) is 41.4. The zero-order valence-electron chi connectivity index (χ0n) is 33.7. The molecule has 294 valence electrons. The molecule has 0 aliphatic rings. The molecule has 0 aliphatic carbocycles. The van der Waals surface area contributed by atoms with Crippen molar-refractivity contribution < 1.29 is 4.42 Å². The smallest absolute Gasteiger partial charge is 0.164 e. The predicted molar refractivity (Wildman–Crippen MR) is 262 cm³/mol. The van der Waals surface area contributed by atoms with Crippen molar-refractivity contribution in [1.82, 2.24) is 19.5 Å². The lowest BCUT2D eigenvalue weighted by Crippen LogP contribution is -2.00. The number of rotatable bonds is 6. The van der Waals surface area contributed by atoms with Crippen LogP contribution in [0.25, 0.3) is 126 Å². The number of aromatic nitrogens is 4. The molecule has 9 aromatic carbocycles. The van der Waals surface area contributed by atoms with E-state index in [1.165, 1.54) is 53.2 Å². The van der Waals surface area contributed by atoms with Crippen LogP contribution >= 0.6 is 11.3 Å². The Morgan fingerprint density at radius 1 is 0.349 bits per heavy atom.